The zero-order valence-corrected chi connectivity index (χ0v) is 12.8. The number of ether oxygens (including phenoxy) is 2. The van der Waals surface area contributed by atoms with E-state index in [1.165, 1.54) is 12.1 Å². The van der Waals surface area contributed by atoms with Crippen LogP contribution in [0, 0.1) is 0 Å². The molecule has 122 valence electrons. The fourth-order valence-corrected chi connectivity index (χ4v) is 2.01. The van der Waals surface area contributed by atoms with Crippen molar-refractivity contribution >= 4 is 5.97 Å². The van der Waals surface area contributed by atoms with Crippen LogP contribution in [0.15, 0.2) is 53.1 Å². The van der Waals surface area contributed by atoms with Crippen molar-refractivity contribution in [2.24, 2.45) is 0 Å². The van der Waals surface area contributed by atoms with Crippen molar-refractivity contribution < 1.29 is 23.9 Å². The fraction of sp³-hybridized carbons (Fsp3) is 0.118. The molecule has 0 unspecified atom stereocenters. The molecule has 24 heavy (non-hydrogen) atoms. The number of carbonyl (C=O) groups is 1. The molecule has 1 aromatic heterocycles. The summed E-state index contributed by atoms with van der Waals surface area (Å²) in [5, 5.41) is 13.2. The van der Waals surface area contributed by atoms with Crippen molar-refractivity contribution in [2.45, 2.75) is 6.61 Å². The van der Waals surface area contributed by atoms with Crippen molar-refractivity contribution in [3.63, 3.8) is 0 Å². The van der Waals surface area contributed by atoms with E-state index in [0.717, 1.165) is 11.3 Å². The van der Waals surface area contributed by atoms with Gasteiger partial charge in [0.05, 0.1) is 12.7 Å². The van der Waals surface area contributed by atoms with E-state index in [1.54, 1.807) is 43.5 Å². The molecule has 0 fully saturated rings. The second-order valence-corrected chi connectivity index (χ2v) is 4.87. The predicted molar refractivity (Wildman–Crippen MR) is 83.5 cm³/mol. The first-order valence-electron chi connectivity index (χ1n) is 7.09. The molecule has 0 atom stereocenters. The van der Waals surface area contributed by atoms with Gasteiger partial charge in [-0.05, 0) is 42.5 Å². The van der Waals surface area contributed by atoms with Crippen molar-refractivity contribution in [3.05, 3.63) is 60.0 Å². The molecule has 0 spiro atoms. The van der Waals surface area contributed by atoms with Gasteiger partial charge in [0, 0.05) is 5.56 Å². The fourth-order valence-electron chi connectivity index (χ4n) is 2.01. The molecular formula is C17H14N2O5. The van der Waals surface area contributed by atoms with E-state index in [1.807, 2.05) is 0 Å². The topological polar surface area (TPSA) is 94.7 Å². The molecule has 0 saturated carbocycles. The summed E-state index contributed by atoms with van der Waals surface area (Å²) in [4.78, 5) is 16.1. The van der Waals surface area contributed by atoms with Gasteiger partial charge in [-0.1, -0.05) is 11.2 Å². The van der Waals surface area contributed by atoms with E-state index in [2.05, 4.69) is 10.1 Å². The molecule has 2 aromatic carbocycles. The van der Waals surface area contributed by atoms with E-state index in [-0.39, 0.29) is 23.8 Å². The third kappa shape index (κ3) is 3.52. The lowest BCUT2D eigenvalue weighted by molar-refractivity contribution is 0.0429. The Morgan fingerprint density at radius 3 is 2.71 bits per heavy atom. The monoisotopic (exact) mass is 326 g/mol. The largest absolute Gasteiger partial charge is 0.508 e. The van der Waals surface area contributed by atoms with Gasteiger partial charge in [-0.25, -0.2) is 4.79 Å². The van der Waals surface area contributed by atoms with Crippen LogP contribution in [0.2, 0.25) is 0 Å². The lowest BCUT2D eigenvalue weighted by atomic mass is 10.2. The summed E-state index contributed by atoms with van der Waals surface area (Å²) in [6.07, 6.45) is 0. The van der Waals surface area contributed by atoms with Crippen LogP contribution in [0.1, 0.15) is 16.2 Å². The minimum Gasteiger partial charge on any atom is -0.508 e. The summed E-state index contributed by atoms with van der Waals surface area (Å²) in [6, 6.07) is 13.0. The number of hydrogen-bond donors (Lipinski definition) is 1. The summed E-state index contributed by atoms with van der Waals surface area (Å²) >= 11 is 0. The number of esters is 1. The summed E-state index contributed by atoms with van der Waals surface area (Å²) in [6.45, 7) is -0.155. The molecule has 0 amide bonds. The van der Waals surface area contributed by atoms with Gasteiger partial charge in [0.1, 0.15) is 11.5 Å². The molecule has 0 aliphatic rings. The molecule has 0 aliphatic heterocycles. The van der Waals surface area contributed by atoms with Gasteiger partial charge in [0.25, 0.3) is 5.89 Å². The van der Waals surface area contributed by atoms with Gasteiger partial charge in [0.15, 0.2) is 6.61 Å². The number of phenolic OH excluding ortho intramolecular Hbond substituents is 1. The zero-order valence-electron chi connectivity index (χ0n) is 12.8. The van der Waals surface area contributed by atoms with Crippen LogP contribution < -0.4 is 4.74 Å². The van der Waals surface area contributed by atoms with Gasteiger partial charge in [-0.3, -0.25) is 0 Å². The molecule has 0 bridgehead atoms. The average molecular weight is 326 g/mol. The third-order valence-electron chi connectivity index (χ3n) is 3.22. The minimum atomic E-state index is -0.588. The van der Waals surface area contributed by atoms with Crippen LogP contribution in [0.25, 0.3) is 11.4 Å². The van der Waals surface area contributed by atoms with Gasteiger partial charge in [0.2, 0.25) is 5.82 Å². The summed E-state index contributed by atoms with van der Waals surface area (Å²) in [5.74, 6) is 0.692. The Labute approximate surface area is 137 Å². The van der Waals surface area contributed by atoms with E-state index in [9.17, 15) is 9.90 Å². The van der Waals surface area contributed by atoms with Gasteiger partial charge >= 0.3 is 5.97 Å². The SMILES string of the molecule is COc1ccc(-c2noc(COC(=O)c3cccc(O)c3)n2)cc1. The van der Waals surface area contributed by atoms with Crippen molar-refractivity contribution in [3.8, 4) is 22.9 Å². The predicted octanol–water partition coefficient (Wildman–Crippen LogP) is 2.81. The van der Waals surface area contributed by atoms with Crippen LogP contribution in [-0.2, 0) is 11.3 Å². The van der Waals surface area contributed by atoms with Crippen LogP contribution in [-0.4, -0.2) is 28.3 Å². The molecule has 1 N–H and O–H groups in total. The number of nitrogens with zero attached hydrogens (tertiary/aromatic N) is 2. The molecule has 0 saturated heterocycles. The Kier molecular flexibility index (Phi) is 4.42. The normalized spacial score (nSPS) is 10.4. The smallest absolute Gasteiger partial charge is 0.338 e. The third-order valence-corrected chi connectivity index (χ3v) is 3.22. The maximum absolute atomic E-state index is 11.9. The number of carbonyl (C=O) groups excluding carboxylic acids is 1. The molecule has 0 radical (unpaired) electrons. The van der Waals surface area contributed by atoms with Gasteiger partial charge in [-0.15, -0.1) is 0 Å². The minimum absolute atomic E-state index is 0.0102. The maximum atomic E-state index is 11.9. The lowest BCUT2D eigenvalue weighted by Gasteiger charge is -2.02. The van der Waals surface area contributed by atoms with Crippen LogP contribution in [0.5, 0.6) is 11.5 Å². The van der Waals surface area contributed by atoms with E-state index in [0.29, 0.717) is 5.82 Å². The standard InChI is InChI=1S/C17H14N2O5/c1-22-14-7-5-11(6-8-14)16-18-15(24-19-16)10-23-17(21)12-3-2-4-13(20)9-12/h2-9,20H,10H2,1H3. The molecule has 7 heteroatoms. The first-order valence-corrected chi connectivity index (χ1v) is 7.09. The molecule has 3 rings (SSSR count). The molecule has 0 aliphatic carbocycles. The summed E-state index contributed by atoms with van der Waals surface area (Å²) in [5.41, 5.74) is 0.995. The van der Waals surface area contributed by atoms with E-state index < -0.39 is 5.97 Å². The zero-order chi connectivity index (χ0) is 16.9. The molecule has 3 aromatic rings. The van der Waals surface area contributed by atoms with Gasteiger partial charge < -0.3 is 19.1 Å². The average Bonchev–Trinajstić information content (AvgIpc) is 3.09. The Balaban J connectivity index is 1.64. The number of aromatic hydroxyl groups is 1. The molecular weight excluding hydrogens is 312 g/mol. The van der Waals surface area contributed by atoms with Crippen LogP contribution in [0.4, 0.5) is 0 Å². The second kappa shape index (κ2) is 6.82. The second-order valence-electron chi connectivity index (χ2n) is 4.87. The Hall–Kier alpha value is -3.35. The first-order chi connectivity index (χ1) is 11.7. The highest BCUT2D eigenvalue weighted by Gasteiger charge is 2.13. The Morgan fingerprint density at radius 2 is 2.00 bits per heavy atom. The lowest BCUT2D eigenvalue weighted by Crippen LogP contribution is -2.05. The maximum Gasteiger partial charge on any atom is 0.338 e. The first kappa shape index (κ1) is 15.5. The number of rotatable bonds is 5. The Bertz CT molecular complexity index is 842. The Morgan fingerprint density at radius 1 is 1.21 bits per heavy atom. The molecule has 7 nitrogen and oxygen atoms in total. The highest BCUT2D eigenvalue weighted by Crippen LogP contribution is 2.20. The summed E-state index contributed by atoms with van der Waals surface area (Å²) < 4.78 is 15.2. The highest BCUT2D eigenvalue weighted by molar-refractivity contribution is 5.89. The van der Waals surface area contributed by atoms with Crippen LogP contribution in [0.3, 0.4) is 0 Å². The van der Waals surface area contributed by atoms with E-state index in [4.69, 9.17) is 14.0 Å². The number of methoxy groups -OCH3 is 1. The number of phenols is 1. The quantitative estimate of drug-likeness (QED) is 0.720. The van der Waals surface area contributed by atoms with E-state index >= 15 is 0 Å². The number of benzene rings is 2. The molecule has 1 heterocycles. The number of hydrogen-bond acceptors (Lipinski definition) is 7. The number of aromatic nitrogens is 2. The van der Waals surface area contributed by atoms with Crippen molar-refractivity contribution in [1.29, 1.82) is 0 Å². The van der Waals surface area contributed by atoms with Crippen molar-refractivity contribution in [2.75, 3.05) is 7.11 Å². The summed E-state index contributed by atoms with van der Waals surface area (Å²) in [7, 11) is 1.59. The van der Waals surface area contributed by atoms with Crippen molar-refractivity contribution in [1.82, 2.24) is 10.1 Å². The highest BCUT2D eigenvalue weighted by atomic mass is 16.6. The van der Waals surface area contributed by atoms with Crippen LogP contribution >= 0.6 is 0 Å². The van der Waals surface area contributed by atoms with Gasteiger partial charge in [-0.2, -0.15) is 4.98 Å².